The predicted molar refractivity (Wildman–Crippen MR) is 109 cm³/mol. The molecule has 0 bridgehead atoms. The number of nitrogens with one attached hydrogen (secondary N) is 1. The summed E-state index contributed by atoms with van der Waals surface area (Å²) in [7, 11) is 0. The minimum atomic E-state index is -0.195. The van der Waals surface area contributed by atoms with Crippen LogP contribution in [0.5, 0.6) is 0 Å². The van der Waals surface area contributed by atoms with Crippen LogP contribution in [0.3, 0.4) is 0 Å². The molecule has 5 nitrogen and oxygen atoms in total. The summed E-state index contributed by atoms with van der Waals surface area (Å²) < 4.78 is 18.4. The third kappa shape index (κ3) is 6.07. The molecule has 1 saturated heterocycles. The second kappa shape index (κ2) is 9.68. The van der Waals surface area contributed by atoms with E-state index < -0.39 is 0 Å². The predicted octanol–water partition coefficient (Wildman–Crippen LogP) is 2.10. The van der Waals surface area contributed by atoms with Gasteiger partial charge in [0.15, 0.2) is 5.96 Å². The fraction of sp³-hybridized carbons (Fsp3) is 0.611. The summed E-state index contributed by atoms with van der Waals surface area (Å²) in [6.07, 6.45) is 3.22. The zero-order valence-corrected chi connectivity index (χ0v) is 16.9. The van der Waals surface area contributed by atoms with Crippen LogP contribution in [0.15, 0.2) is 29.3 Å². The Bertz CT molecular complexity index is 557. The highest BCUT2D eigenvalue weighted by Crippen LogP contribution is 2.48. The number of nitrogens with two attached hydrogens (primary N) is 1. The van der Waals surface area contributed by atoms with Gasteiger partial charge in [0.05, 0.1) is 19.8 Å². The number of hydrogen-bond acceptors (Lipinski definition) is 3. The van der Waals surface area contributed by atoms with Gasteiger partial charge in [0.25, 0.3) is 0 Å². The second-order valence-corrected chi connectivity index (χ2v) is 6.72. The molecule has 0 atom stereocenters. The lowest BCUT2D eigenvalue weighted by Gasteiger charge is -2.26. The van der Waals surface area contributed by atoms with Crippen molar-refractivity contribution in [3.8, 4) is 0 Å². The van der Waals surface area contributed by atoms with Crippen LogP contribution >= 0.6 is 24.0 Å². The Hall–Kier alpha value is -0.930. The first kappa shape index (κ1) is 20.4. The number of halogens is 2. The molecule has 140 valence electrons. The number of morpholine rings is 1. The van der Waals surface area contributed by atoms with E-state index in [0.29, 0.717) is 12.5 Å². The van der Waals surface area contributed by atoms with Gasteiger partial charge in [0, 0.05) is 25.0 Å². The second-order valence-electron chi connectivity index (χ2n) is 6.72. The lowest BCUT2D eigenvalue weighted by atomic mass is 9.96. The molecule has 3 rings (SSSR count). The molecule has 1 aliphatic heterocycles. The Morgan fingerprint density at radius 2 is 1.92 bits per heavy atom. The number of benzene rings is 1. The van der Waals surface area contributed by atoms with E-state index in [1.807, 2.05) is 12.1 Å². The fourth-order valence-electron chi connectivity index (χ4n) is 3.13. The van der Waals surface area contributed by atoms with Crippen molar-refractivity contribution < 1.29 is 9.13 Å². The summed E-state index contributed by atoms with van der Waals surface area (Å²) in [4.78, 5) is 6.91. The van der Waals surface area contributed by atoms with Gasteiger partial charge in [0.2, 0.25) is 0 Å². The third-order valence-corrected chi connectivity index (χ3v) is 4.92. The van der Waals surface area contributed by atoms with Crippen molar-refractivity contribution in [2.45, 2.75) is 24.7 Å². The van der Waals surface area contributed by atoms with Crippen LogP contribution in [0.4, 0.5) is 4.39 Å². The molecule has 1 aliphatic carbocycles. The summed E-state index contributed by atoms with van der Waals surface area (Å²) in [6.45, 7) is 6.26. The summed E-state index contributed by atoms with van der Waals surface area (Å²) in [5.74, 6) is 0.310. The van der Waals surface area contributed by atoms with Crippen LogP contribution in [0, 0.1) is 5.82 Å². The molecule has 1 heterocycles. The maximum absolute atomic E-state index is 13.0. The van der Waals surface area contributed by atoms with Gasteiger partial charge >= 0.3 is 0 Å². The Morgan fingerprint density at radius 1 is 1.24 bits per heavy atom. The largest absolute Gasteiger partial charge is 0.379 e. The normalized spacial score (nSPS) is 20.0. The standard InChI is InChI=1S/C18H27FN4O.HI/c19-16-4-2-15(3-5-16)18(6-7-18)14-22-17(20)21-8-1-9-23-10-12-24-13-11-23;/h2-5H,1,6-14H2,(H3,20,21,22);1H. The van der Waals surface area contributed by atoms with Gasteiger partial charge in [-0.2, -0.15) is 0 Å². The first-order valence-corrected chi connectivity index (χ1v) is 8.78. The van der Waals surface area contributed by atoms with Gasteiger partial charge < -0.3 is 15.8 Å². The first-order valence-electron chi connectivity index (χ1n) is 8.78. The molecule has 3 N–H and O–H groups in total. The van der Waals surface area contributed by atoms with Crippen molar-refractivity contribution >= 4 is 29.9 Å². The Balaban J connectivity index is 0.00000225. The molecule has 0 amide bonds. The van der Waals surface area contributed by atoms with E-state index in [2.05, 4.69) is 15.2 Å². The summed E-state index contributed by atoms with van der Waals surface area (Å²) in [5, 5.41) is 3.19. The molecule has 0 spiro atoms. The highest BCUT2D eigenvalue weighted by molar-refractivity contribution is 14.0. The molecular weight excluding hydrogens is 434 g/mol. The highest BCUT2D eigenvalue weighted by Gasteiger charge is 2.44. The SMILES string of the molecule is I.NC(=NCC1(c2ccc(F)cc2)CC1)NCCCN1CCOCC1. The minimum Gasteiger partial charge on any atom is -0.379 e. The number of guanidine groups is 1. The van der Waals surface area contributed by atoms with Crippen LogP contribution in [0.2, 0.25) is 0 Å². The lowest BCUT2D eigenvalue weighted by Crippen LogP contribution is -2.39. The van der Waals surface area contributed by atoms with Crippen LogP contribution in [0.1, 0.15) is 24.8 Å². The van der Waals surface area contributed by atoms with Crippen molar-refractivity contribution in [3.63, 3.8) is 0 Å². The molecule has 1 aromatic rings. The van der Waals surface area contributed by atoms with Gasteiger partial charge in [-0.25, -0.2) is 4.39 Å². The smallest absolute Gasteiger partial charge is 0.188 e. The number of aliphatic imine (C=N–C) groups is 1. The van der Waals surface area contributed by atoms with Gasteiger partial charge in [-0.1, -0.05) is 12.1 Å². The number of nitrogens with zero attached hydrogens (tertiary/aromatic N) is 2. The average Bonchev–Trinajstić information content (AvgIpc) is 3.40. The topological polar surface area (TPSA) is 62.9 Å². The average molecular weight is 462 g/mol. The molecule has 1 aromatic carbocycles. The molecule has 2 aliphatic rings. The molecule has 25 heavy (non-hydrogen) atoms. The molecule has 0 unspecified atom stereocenters. The minimum absolute atomic E-state index is 0. The van der Waals surface area contributed by atoms with Crippen LogP contribution < -0.4 is 11.1 Å². The Labute approximate surface area is 166 Å². The monoisotopic (exact) mass is 462 g/mol. The number of ether oxygens (including phenoxy) is 1. The zero-order chi connectivity index (χ0) is 16.8. The van der Waals surface area contributed by atoms with Crippen LogP contribution in [0.25, 0.3) is 0 Å². The summed E-state index contributed by atoms with van der Waals surface area (Å²) >= 11 is 0. The fourth-order valence-corrected chi connectivity index (χ4v) is 3.13. The van der Waals surface area contributed by atoms with E-state index in [0.717, 1.165) is 64.2 Å². The lowest BCUT2D eigenvalue weighted by molar-refractivity contribution is 0.0376. The van der Waals surface area contributed by atoms with Crippen molar-refractivity contribution in [2.24, 2.45) is 10.7 Å². The Kier molecular flexibility index (Phi) is 7.89. The zero-order valence-electron chi connectivity index (χ0n) is 14.5. The van der Waals surface area contributed by atoms with Gasteiger partial charge in [0.1, 0.15) is 5.82 Å². The summed E-state index contributed by atoms with van der Waals surface area (Å²) in [5.41, 5.74) is 7.20. The molecule has 1 saturated carbocycles. The van der Waals surface area contributed by atoms with E-state index >= 15 is 0 Å². The van der Waals surface area contributed by atoms with E-state index in [1.54, 1.807) is 0 Å². The number of rotatable bonds is 7. The quantitative estimate of drug-likeness (QED) is 0.282. The van der Waals surface area contributed by atoms with Gasteiger partial charge in [-0.15, -0.1) is 24.0 Å². The highest BCUT2D eigenvalue weighted by atomic mass is 127. The molecule has 0 aromatic heterocycles. The first-order chi connectivity index (χ1) is 11.7. The van der Waals surface area contributed by atoms with Crippen LogP contribution in [-0.4, -0.2) is 56.8 Å². The molecule has 7 heteroatoms. The van der Waals surface area contributed by atoms with Gasteiger partial charge in [-0.3, -0.25) is 9.89 Å². The van der Waals surface area contributed by atoms with E-state index in [1.165, 1.54) is 12.1 Å². The van der Waals surface area contributed by atoms with Crippen molar-refractivity contribution in [2.75, 3.05) is 45.9 Å². The third-order valence-electron chi connectivity index (χ3n) is 4.92. The molecule has 0 radical (unpaired) electrons. The number of hydrogen-bond donors (Lipinski definition) is 2. The van der Waals surface area contributed by atoms with Gasteiger partial charge in [-0.05, 0) is 43.5 Å². The van der Waals surface area contributed by atoms with Crippen molar-refractivity contribution in [1.29, 1.82) is 0 Å². The van der Waals surface area contributed by atoms with Crippen molar-refractivity contribution in [1.82, 2.24) is 10.2 Å². The van der Waals surface area contributed by atoms with E-state index in [-0.39, 0.29) is 35.2 Å². The molecule has 2 fully saturated rings. The maximum atomic E-state index is 13.0. The van der Waals surface area contributed by atoms with Crippen molar-refractivity contribution in [3.05, 3.63) is 35.6 Å². The van der Waals surface area contributed by atoms with E-state index in [9.17, 15) is 4.39 Å². The Morgan fingerprint density at radius 3 is 2.56 bits per heavy atom. The summed E-state index contributed by atoms with van der Waals surface area (Å²) in [6, 6.07) is 6.77. The van der Waals surface area contributed by atoms with E-state index in [4.69, 9.17) is 10.5 Å². The van der Waals surface area contributed by atoms with Crippen LogP contribution in [-0.2, 0) is 10.2 Å². The maximum Gasteiger partial charge on any atom is 0.188 e. The molecular formula is C18H28FIN4O.